The lowest BCUT2D eigenvalue weighted by atomic mass is 10.1. The Labute approximate surface area is 124 Å². The molecule has 4 heteroatoms. The average molecular weight is 294 g/mol. The van der Waals surface area contributed by atoms with Crippen molar-refractivity contribution in [3.63, 3.8) is 0 Å². The summed E-state index contributed by atoms with van der Waals surface area (Å²) >= 11 is 0. The lowest BCUT2D eigenvalue weighted by molar-refractivity contribution is -0.155. The molecule has 0 saturated heterocycles. The van der Waals surface area contributed by atoms with E-state index in [1.54, 1.807) is 14.2 Å². The maximum Gasteiger partial charge on any atom is 0.228 e. The monoisotopic (exact) mass is 294 g/mol. The van der Waals surface area contributed by atoms with Gasteiger partial charge in [0.15, 0.2) is 5.41 Å². The van der Waals surface area contributed by atoms with E-state index in [2.05, 4.69) is 44.7 Å². The van der Waals surface area contributed by atoms with Crippen molar-refractivity contribution in [2.24, 2.45) is 0 Å². The normalized spacial score (nSPS) is 13.8. The van der Waals surface area contributed by atoms with Crippen LogP contribution in [0.15, 0.2) is 30.8 Å². The van der Waals surface area contributed by atoms with E-state index in [1.165, 1.54) is 5.56 Å². The Bertz CT molecular complexity index is 390. The fourth-order valence-corrected chi connectivity index (χ4v) is 3.44. The van der Waals surface area contributed by atoms with Gasteiger partial charge in [0, 0.05) is 14.2 Å². The topological polar surface area (TPSA) is 27.7 Å². The van der Waals surface area contributed by atoms with Gasteiger partial charge in [0.1, 0.15) is 0 Å². The van der Waals surface area contributed by atoms with Crippen molar-refractivity contribution in [3.8, 4) is 0 Å². The first kappa shape index (κ1) is 17.1. The number of benzene rings is 1. The molecule has 0 amide bonds. The van der Waals surface area contributed by atoms with Crippen molar-refractivity contribution in [1.29, 1.82) is 0 Å². The molecule has 0 N–H and O–H groups in total. The zero-order valence-corrected chi connectivity index (χ0v) is 14.4. The Morgan fingerprint density at radius 1 is 1.20 bits per heavy atom. The molecule has 0 aliphatic rings. The van der Waals surface area contributed by atoms with Crippen LogP contribution in [0, 0.1) is 0 Å². The molecule has 0 radical (unpaired) electrons. The predicted molar refractivity (Wildman–Crippen MR) is 86.2 cm³/mol. The second-order valence-corrected chi connectivity index (χ2v) is 6.45. The van der Waals surface area contributed by atoms with Crippen LogP contribution in [0.25, 0.3) is 6.08 Å². The molecular formula is C16H26O3Si. The van der Waals surface area contributed by atoms with E-state index >= 15 is 0 Å². The smallest absolute Gasteiger partial charge is 0.228 e. The van der Waals surface area contributed by atoms with E-state index in [4.69, 9.17) is 13.9 Å². The lowest BCUT2D eigenvalue weighted by Gasteiger charge is -2.31. The van der Waals surface area contributed by atoms with E-state index < -0.39 is 15.2 Å². The Morgan fingerprint density at radius 2 is 1.80 bits per heavy atom. The number of rotatable bonds is 9. The van der Waals surface area contributed by atoms with Crippen LogP contribution in [-0.4, -0.2) is 29.4 Å². The molecule has 0 saturated carbocycles. The van der Waals surface area contributed by atoms with Crippen molar-refractivity contribution in [1.82, 2.24) is 0 Å². The molecule has 0 aliphatic carbocycles. The van der Waals surface area contributed by atoms with Gasteiger partial charge in [0.25, 0.3) is 0 Å². The van der Waals surface area contributed by atoms with Gasteiger partial charge in [-0.2, -0.15) is 0 Å². The van der Waals surface area contributed by atoms with E-state index in [0.717, 1.165) is 18.4 Å². The largest absolute Gasteiger partial charge is 0.411 e. The number of methoxy groups -OCH3 is 2. The first-order valence-electron chi connectivity index (χ1n) is 7.09. The third-order valence-corrected chi connectivity index (χ3v) is 5.79. The fraction of sp³-hybridized carbons (Fsp3) is 0.500. The van der Waals surface area contributed by atoms with Crippen molar-refractivity contribution in [2.45, 2.75) is 38.2 Å². The summed E-state index contributed by atoms with van der Waals surface area (Å²) in [5.41, 5.74) is 1.80. The van der Waals surface area contributed by atoms with E-state index in [1.807, 2.05) is 6.08 Å². The summed E-state index contributed by atoms with van der Waals surface area (Å²) in [6, 6.07) is 8.34. The van der Waals surface area contributed by atoms with Crippen LogP contribution in [0.1, 0.15) is 43.9 Å². The third kappa shape index (κ3) is 4.28. The van der Waals surface area contributed by atoms with Gasteiger partial charge in [-0.05, 0) is 24.0 Å². The van der Waals surface area contributed by atoms with Crippen LogP contribution in [-0.2, 0) is 13.9 Å². The van der Waals surface area contributed by atoms with Crippen LogP contribution in [0.4, 0.5) is 0 Å². The van der Waals surface area contributed by atoms with Crippen molar-refractivity contribution < 1.29 is 13.9 Å². The molecule has 1 aromatic carbocycles. The van der Waals surface area contributed by atoms with Crippen LogP contribution < -0.4 is 0 Å². The summed E-state index contributed by atoms with van der Waals surface area (Å²) in [5.74, 6) is 0. The Hall–Kier alpha value is -0.943. The van der Waals surface area contributed by atoms with Crippen molar-refractivity contribution >= 4 is 15.8 Å². The van der Waals surface area contributed by atoms with E-state index in [9.17, 15) is 0 Å². The molecule has 0 bridgehead atoms. The minimum absolute atomic E-state index is 0.108. The standard InChI is InChI=1S/C16H26O3Si/c1-6-13-9-11-14(12-10-13)15(7-2)19-20-16(8-3,17-4)18-5/h6,9-12,15H,1,7-8,20H2,2-5H3. The molecule has 0 fully saturated rings. The van der Waals surface area contributed by atoms with Crippen molar-refractivity contribution in [3.05, 3.63) is 42.0 Å². The molecule has 0 aliphatic heterocycles. The van der Waals surface area contributed by atoms with Crippen LogP contribution >= 0.6 is 0 Å². The highest BCUT2D eigenvalue weighted by molar-refractivity contribution is 6.31. The summed E-state index contributed by atoms with van der Waals surface area (Å²) in [7, 11) is 2.40. The minimum Gasteiger partial charge on any atom is -0.411 e. The van der Waals surface area contributed by atoms with Gasteiger partial charge in [-0.25, -0.2) is 0 Å². The number of hydrogen-bond donors (Lipinski definition) is 0. The van der Waals surface area contributed by atoms with E-state index in [-0.39, 0.29) is 6.10 Å². The molecule has 112 valence electrons. The summed E-state index contributed by atoms with van der Waals surface area (Å²) in [4.78, 5) is 0. The van der Waals surface area contributed by atoms with Crippen molar-refractivity contribution in [2.75, 3.05) is 14.2 Å². The summed E-state index contributed by atoms with van der Waals surface area (Å²) in [5, 5.41) is 0. The second-order valence-electron chi connectivity index (χ2n) is 4.75. The molecule has 0 heterocycles. The first-order valence-corrected chi connectivity index (χ1v) is 8.37. The lowest BCUT2D eigenvalue weighted by Crippen LogP contribution is -2.41. The van der Waals surface area contributed by atoms with Gasteiger partial charge in [-0.15, -0.1) is 0 Å². The first-order chi connectivity index (χ1) is 9.64. The number of hydrogen-bond acceptors (Lipinski definition) is 3. The molecule has 0 spiro atoms. The number of ether oxygens (including phenoxy) is 2. The zero-order chi connectivity index (χ0) is 15.0. The minimum atomic E-state index is -0.963. The summed E-state index contributed by atoms with van der Waals surface area (Å²) < 4.78 is 17.2. The van der Waals surface area contributed by atoms with Gasteiger partial charge in [-0.1, -0.05) is 50.8 Å². The van der Waals surface area contributed by atoms with Gasteiger partial charge in [0.05, 0.1) is 6.10 Å². The highest BCUT2D eigenvalue weighted by atomic mass is 28.2. The molecular weight excluding hydrogens is 268 g/mol. The highest BCUT2D eigenvalue weighted by Crippen LogP contribution is 2.24. The van der Waals surface area contributed by atoms with Gasteiger partial charge < -0.3 is 13.9 Å². The fourth-order valence-electron chi connectivity index (χ4n) is 2.12. The van der Waals surface area contributed by atoms with Gasteiger partial charge in [-0.3, -0.25) is 0 Å². The summed E-state index contributed by atoms with van der Waals surface area (Å²) in [6.07, 6.45) is 3.70. The second kappa shape index (κ2) is 8.37. The SMILES string of the molecule is C=Cc1ccc(C(CC)O[SiH2]C(CC)(OC)OC)cc1. The molecule has 20 heavy (non-hydrogen) atoms. The Kier molecular flexibility index (Phi) is 7.16. The average Bonchev–Trinajstić information content (AvgIpc) is 2.53. The predicted octanol–water partition coefficient (Wildman–Crippen LogP) is 3.24. The maximum atomic E-state index is 6.15. The molecule has 0 aromatic heterocycles. The molecule has 1 unspecified atom stereocenters. The third-order valence-electron chi connectivity index (χ3n) is 3.70. The zero-order valence-electron chi connectivity index (χ0n) is 13.0. The molecule has 1 atom stereocenters. The highest BCUT2D eigenvalue weighted by Gasteiger charge is 2.30. The Morgan fingerprint density at radius 3 is 2.20 bits per heavy atom. The Balaban J connectivity index is 2.73. The maximum absolute atomic E-state index is 6.15. The molecule has 1 rings (SSSR count). The van der Waals surface area contributed by atoms with Crippen LogP contribution in [0.2, 0.25) is 0 Å². The summed E-state index contributed by atoms with van der Waals surface area (Å²) in [6.45, 7) is 7.96. The quantitative estimate of drug-likeness (QED) is 0.517. The van der Waals surface area contributed by atoms with Crippen LogP contribution in [0.3, 0.4) is 0 Å². The molecule has 3 nitrogen and oxygen atoms in total. The molecule has 1 aromatic rings. The van der Waals surface area contributed by atoms with E-state index in [0.29, 0.717) is 0 Å². The van der Waals surface area contributed by atoms with Gasteiger partial charge in [0.2, 0.25) is 9.76 Å². The van der Waals surface area contributed by atoms with Crippen LogP contribution in [0.5, 0.6) is 0 Å². The van der Waals surface area contributed by atoms with Gasteiger partial charge >= 0.3 is 0 Å².